The standard InChI is InChI=1S/C22H25N5O2S/c1-14-5-8-17(9-6-14)23-20(28)12-19-25-26-22(27(19)4)30-13-21(29)24-18-10-7-15(2)16(3)11-18/h5-11H,12-13H2,1-4H3,(H,23,28)(H,24,29). The highest BCUT2D eigenvalue weighted by atomic mass is 32.2. The highest BCUT2D eigenvalue weighted by molar-refractivity contribution is 7.99. The van der Waals surface area contributed by atoms with E-state index in [4.69, 9.17) is 0 Å². The van der Waals surface area contributed by atoms with Crippen molar-refractivity contribution in [1.82, 2.24) is 14.8 Å². The third-order valence-electron chi connectivity index (χ3n) is 4.70. The van der Waals surface area contributed by atoms with Crippen LogP contribution in [0, 0.1) is 20.8 Å². The van der Waals surface area contributed by atoms with E-state index in [1.807, 2.05) is 63.2 Å². The molecule has 0 fully saturated rings. The van der Waals surface area contributed by atoms with Gasteiger partial charge in [0.05, 0.1) is 12.2 Å². The van der Waals surface area contributed by atoms with E-state index in [0.29, 0.717) is 11.0 Å². The number of benzene rings is 2. The molecule has 0 unspecified atom stereocenters. The molecule has 0 spiro atoms. The van der Waals surface area contributed by atoms with Gasteiger partial charge in [0.15, 0.2) is 5.16 Å². The van der Waals surface area contributed by atoms with Crippen molar-refractivity contribution in [3.8, 4) is 0 Å². The number of amides is 2. The Morgan fingerprint density at radius 3 is 2.27 bits per heavy atom. The maximum absolute atomic E-state index is 12.3. The fourth-order valence-electron chi connectivity index (χ4n) is 2.76. The number of rotatable bonds is 7. The lowest BCUT2D eigenvalue weighted by Gasteiger charge is -2.08. The summed E-state index contributed by atoms with van der Waals surface area (Å²) in [4.78, 5) is 24.5. The normalized spacial score (nSPS) is 10.7. The lowest BCUT2D eigenvalue weighted by Crippen LogP contribution is -2.17. The Labute approximate surface area is 180 Å². The quantitative estimate of drug-likeness (QED) is 0.566. The van der Waals surface area contributed by atoms with Crippen molar-refractivity contribution in [2.75, 3.05) is 16.4 Å². The number of aromatic nitrogens is 3. The highest BCUT2D eigenvalue weighted by Gasteiger charge is 2.15. The summed E-state index contributed by atoms with van der Waals surface area (Å²) in [6, 6.07) is 13.4. The van der Waals surface area contributed by atoms with Crippen LogP contribution in [0.1, 0.15) is 22.5 Å². The molecular formula is C22H25N5O2S. The Morgan fingerprint density at radius 2 is 1.57 bits per heavy atom. The molecule has 7 nitrogen and oxygen atoms in total. The summed E-state index contributed by atoms with van der Waals surface area (Å²) in [5.74, 6) is 0.453. The average Bonchev–Trinajstić information content (AvgIpc) is 3.04. The van der Waals surface area contributed by atoms with Crippen molar-refractivity contribution in [1.29, 1.82) is 0 Å². The van der Waals surface area contributed by atoms with Crippen LogP contribution < -0.4 is 10.6 Å². The zero-order valence-corrected chi connectivity index (χ0v) is 18.3. The molecule has 0 aliphatic rings. The summed E-state index contributed by atoms with van der Waals surface area (Å²) in [5, 5.41) is 14.5. The zero-order chi connectivity index (χ0) is 21.7. The van der Waals surface area contributed by atoms with Gasteiger partial charge in [0.25, 0.3) is 0 Å². The largest absolute Gasteiger partial charge is 0.326 e. The maximum atomic E-state index is 12.3. The second-order valence-electron chi connectivity index (χ2n) is 7.18. The number of aryl methyl sites for hydroxylation is 3. The van der Waals surface area contributed by atoms with Crippen molar-refractivity contribution in [2.45, 2.75) is 32.3 Å². The third kappa shape index (κ3) is 5.70. The van der Waals surface area contributed by atoms with E-state index in [-0.39, 0.29) is 24.0 Å². The molecule has 0 saturated heterocycles. The average molecular weight is 424 g/mol. The molecule has 30 heavy (non-hydrogen) atoms. The van der Waals surface area contributed by atoms with Crippen molar-refractivity contribution in [3.05, 3.63) is 65.0 Å². The Hall–Kier alpha value is -3.13. The Kier molecular flexibility index (Phi) is 6.89. The molecule has 0 aliphatic heterocycles. The molecule has 3 aromatic rings. The van der Waals surface area contributed by atoms with Crippen LogP contribution in [-0.2, 0) is 23.1 Å². The number of carbonyl (C=O) groups excluding carboxylic acids is 2. The number of hydrogen-bond donors (Lipinski definition) is 2. The van der Waals surface area contributed by atoms with Crippen molar-refractivity contribution in [3.63, 3.8) is 0 Å². The molecule has 156 valence electrons. The van der Waals surface area contributed by atoms with Gasteiger partial charge in [-0.1, -0.05) is 35.5 Å². The van der Waals surface area contributed by atoms with E-state index < -0.39 is 0 Å². The van der Waals surface area contributed by atoms with Gasteiger partial charge in [0, 0.05) is 18.4 Å². The lowest BCUT2D eigenvalue weighted by atomic mass is 10.1. The monoisotopic (exact) mass is 423 g/mol. The van der Waals surface area contributed by atoms with Crippen LogP contribution in [0.15, 0.2) is 47.6 Å². The van der Waals surface area contributed by atoms with Gasteiger partial charge >= 0.3 is 0 Å². The topological polar surface area (TPSA) is 88.9 Å². The van der Waals surface area contributed by atoms with Gasteiger partial charge in [-0.05, 0) is 56.2 Å². The first-order valence-corrected chi connectivity index (χ1v) is 10.5. The molecule has 8 heteroatoms. The smallest absolute Gasteiger partial charge is 0.234 e. The predicted molar refractivity (Wildman–Crippen MR) is 120 cm³/mol. The van der Waals surface area contributed by atoms with Gasteiger partial charge < -0.3 is 15.2 Å². The number of carbonyl (C=O) groups is 2. The molecule has 0 saturated carbocycles. The fraction of sp³-hybridized carbons (Fsp3) is 0.273. The minimum atomic E-state index is -0.168. The van der Waals surface area contributed by atoms with E-state index in [0.717, 1.165) is 22.5 Å². The molecule has 0 radical (unpaired) electrons. The van der Waals surface area contributed by atoms with Gasteiger partial charge in [0.2, 0.25) is 11.8 Å². The summed E-state index contributed by atoms with van der Waals surface area (Å²) in [7, 11) is 1.79. The molecule has 0 atom stereocenters. The van der Waals surface area contributed by atoms with Gasteiger partial charge in [0.1, 0.15) is 5.82 Å². The fourth-order valence-corrected chi connectivity index (χ4v) is 3.49. The van der Waals surface area contributed by atoms with Crippen molar-refractivity contribution >= 4 is 35.0 Å². The second kappa shape index (κ2) is 9.58. The first-order chi connectivity index (χ1) is 14.3. The maximum Gasteiger partial charge on any atom is 0.234 e. The van der Waals surface area contributed by atoms with Gasteiger partial charge in [-0.2, -0.15) is 0 Å². The second-order valence-corrected chi connectivity index (χ2v) is 8.13. The van der Waals surface area contributed by atoms with Crippen LogP contribution >= 0.6 is 11.8 Å². The Balaban J connectivity index is 1.53. The van der Waals surface area contributed by atoms with Crippen LogP contribution in [0.5, 0.6) is 0 Å². The number of hydrogen-bond acceptors (Lipinski definition) is 5. The Bertz CT molecular complexity index is 1060. The molecule has 2 amide bonds. The summed E-state index contributed by atoms with van der Waals surface area (Å²) in [5.41, 5.74) is 4.95. The Morgan fingerprint density at radius 1 is 0.900 bits per heavy atom. The minimum Gasteiger partial charge on any atom is -0.326 e. The highest BCUT2D eigenvalue weighted by Crippen LogP contribution is 2.18. The molecule has 0 bridgehead atoms. The minimum absolute atomic E-state index is 0.104. The molecule has 1 aromatic heterocycles. The molecule has 0 aliphatic carbocycles. The van der Waals surface area contributed by atoms with Crippen LogP contribution in [-0.4, -0.2) is 32.3 Å². The van der Waals surface area contributed by atoms with E-state index in [1.54, 1.807) is 11.6 Å². The summed E-state index contributed by atoms with van der Waals surface area (Å²) >= 11 is 1.28. The van der Waals surface area contributed by atoms with Crippen molar-refractivity contribution < 1.29 is 9.59 Å². The molecule has 2 aromatic carbocycles. The molecular weight excluding hydrogens is 398 g/mol. The molecule has 1 heterocycles. The first-order valence-electron chi connectivity index (χ1n) is 9.56. The van der Waals surface area contributed by atoms with Crippen LogP contribution in [0.3, 0.4) is 0 Å². The van der Waals surface area contributed by atoms with E-state index >= 15 is 0 Å². The molecule has 3 rings (SSSR count). The summed E-state index contributed by atoms with van der Waals surface area (Å²) in [6.07, 6.45) is 0.104. The van der Waals surface area contributed by atoms with E-state index in [1.165, 1.54) is 17.3 Å². The number of anilines is 2. The van der Waals surface area contributed by atoms with Crippen molar-refractivity contribution in [2.24, 2.45) is 7.05 Å². The number of nitrogens with zero attached hydrogens (tertiary/aromatic N) is 3. The van der Waals surface area contributed by atoms with Crippen LogP contribution in [0.4, 0.5) is 11.4 Å². The first kappa shape index (κ1) is 21.6. The van der Waals surface area contributed by atoms with E-state index in [9.17, 15) is 9.59 Å². The van der Waals surface area contributed by atoms with Crippen LogP contribution in [0.25, 0.3) is 0 Å². The van der Waals surface area contributed by atoms with Gasteiger partial charge in [-0.3, -0.25) is 9.59 Å². The number of thioether (sulfide) groups is 1. The van der Waals surface area contributed by atoms with Gasteiger partial charge in [-0.15, -0.1) is 10.2 Å². The third-order valence-corrected chi connectivity index (χ3v) is 5.72. The zero-order valence-electron chi connectivity index (χ0n) is 17.5. The van der Waals surface area contributed by atoms with Crippen LogP contribution in [0.2, 0.25) is 0 Å². The van der Waals surface area contributed by atoms with Gasteiger partial charge in [-0.25, -0.2) is 0 Å². The van der Waals surface area contributed by atoms with E-state index in [2.05, 4.69) is 20.8 Å². The predicted octanol–water partition coefficient (Wildman–Crippen LogP) is 3.65. The lowest BCUT2D eigenvalue weighted by molar-refractivity contribution is -0.116. The molecule has 2 N–H and O–H groups in total. The SMILES string of the molecule is Cc1ccc(NC(=O)Cc2nnc(SCC(=O)Nc3ccc(C)c(C)c3)n2C)cc1. The summed E-state index contributed by atoms with van der Waals surface area (Å²) < 4.78 is 1.74. The number of nitrogens with one attached hydrogen (secondary N) is 2. The summed E-state index contributed by atoms with van der Waals surface area (Å²) in [6.45, 7) is 6.03.